The molecule has 0 aliphatic rings. The number of ether oxygens (including phenoxy) is 1. The highest BCUT2D eigenvalue weighted by Crippen LogP contribution is 2.38. The van der Waals surface area contributed by atoms with Crippen LogP contribution in [0.15, 0.2) is 28.7 Å². The van der Waals surface area contributed by atoms with Gasteiger partial charge in [0, 0.05) is 4.47 Å². The topological polar surface area (TPSA) is 26.3 Å². The molecule has 0 aromatic heterocycles. The zero-order valence-corrected chi connectivity index (χ0v) is 10.5. The summed E-state index contributed by atoms with van der Waals surface area (Å²) in [6.45, 7) is 0. The predicted molar refractivity (Wildman–Crippen MR) is 59.6 cm³/mol. The quantitative estimate of drug-likeness (QED) is 0.796. The molecule has 1 atom stereocenters. The summed E-state index contributed by atoms with van der Waals surface area (Å²) in [7, 11) is 1.07. The van der Waals surface area contributed by atoms with Gasteiger partial charge in [-0.05, 0) is 17.7 Å². The van der Waals surface area contributed by atoms with E-state index < -0.39 is 24.5 Å². The molecule has 0 N–H and O–H groups in total. The van der Waals surface area contributed by atoms with Crippen LogP contribution in [0.2, 0.25) is 0 Å². The molecule has 0 aliphatic heterocycles. The van der Waals surface area contributed by atoms with Crippen molar-refractivity contribution < 1.29 is 22.7 Å². The lowest BCUT2D eigenvalue weighted by atomic mass is 9.95. The van der Waals surface area contributed by atoms with Crippen molar-refractivity contribution in [2.75, 3.05) is 7.11 Å². The van der Waals surface area contributed by atoms with E-state index in [9.17, 15) is 18.0 Å². The van der Waals surface area contributed by atoms with Gasteiger partial charge >= 0.3 is 12.1 Å². The zero-order valence-electron chi connectivity index (χ0n) is 8.92. The van der Waals surface area contributed by atoms with E-state index in [2.05, 4.69) is 20.7 Å². The lowest BCUT2D eigenvalue weighted by Crippen LogP contribution is -2.24. The highest BCUT2D eigenvalue weighted by molar-refractivity contribution is 9.10. The van der Waals surface area contributed by atoms with Gasteiger partial charge < -0.3 is 4.74 Å². The summed E-state index contributed by atoms with van der Waals surface area (Å²) in [6, 6.07) is 5.80. The average Bonchev–Trinajstić information content (AvgIpc) is 2.23. The summed E-state index contributed by atoms with van der Waals surface area (Å²) in [5.41, 5.74) is 0.0391. The van der Waals surface area contributed by atoms with Crippen LogP contribution in [0.25, 0.3) is 0 Å². The molecular formula is C11H10BrF3O2. The first-order chi connectivity index (χ1) is 7.84. The summed E-state index contributed by atoms with van der Waals surface area (Å²) >= 11 is 3.10. The predicted octanol–water partition coefficient (Wildman–Crippen LogP) is 3.66. The van der Waals surface area contributed by atoms with Crippen LogP contribution >= 0.6 is 15.9 Å². The second-order valence-electron chi connectivity index (χ2n) is 3.43. The molecule has 1 aromatic rings. The van der Waals surface area contributed by atoms with Crippen LogP contribution in [0.4, 0.5) is 13.2 Å². The van der Waals surface area contributed by atoms with Crippen molar-refractivity contribution >= 4 is 21.9 Å². The summed E-state index contributed by atoms with van der Waals surface area (Å²) in [5, 5.41) is 0. The summed E-state index contributed by atoms with van der Waals surface area (Å²) < 4.78 is 43.2. The molecule has 0 fully saturated rings. The maximum absolute atomic E-state index is 12.8. The summed E-state index contributed by atoms with van der Waals surface area (Å²) in [6.07, 6.45) is -5.19. The van der Waals surface area contributed by atoms with Crippen LogP contribution in [0.3, 0.4) is 0 Å². The van der Waals surface area contributed by atoms with Crippen molar-refractivity contribution in [2.24, 2.45) is 0 Å². The Morgan fingerprint density at radius 1 is 1.47 bits per heavy atom. The fourth-order valence-corrected chi connectivity index (χ4v) is 1.81. The molecule has 0 heterocycles. The Labute approximate surface area is 105 Å². The number of rotatable bonds is 3. The summed E-state index contributed by atoms with van der Waals surface area (Å²) in [5.74, 6) is -2.72. The minimum atomic E-state index is -4.48. The van der Waals surface area contributed by atoms with Gasteiger partial charge in [0.15, 0.2) is 0 Å². The van der Waals surface area contributed by atoms with Crippen molar-refractivity contribution in [1.82, 2.24) is 0 Å². The van der Waals surface area contributed by atoms with Crippen LogP contribution in [-0.2, 0) is 9.53 Å². The number of methoxy groups -OCH3 is 1. The van der Waals surface area contributed by atoms with Gasteiger partial charge in [-0.1, -0.05) is 28.1 Å². The van der Waals surface area contributed by atoms with E-state index in [0.717, 1.165) is 7.11 Å². The van der Waals surface area contributed by atoms with Crippen molar-refractivity contribution in [2.45, 2.75) is 18.5 Å². The molecule has 1 unspecified atom stereocenters. The molecule has 0 spiro atoms. The average molecular weight is 311 g/mol. The third kappa shape index (κ3) is 4.03. The molecule has 0 radical (unpaired) electrons. The Bertz CT molecular complexity index is 404. The first-order valence-electron chi connectivity index (χ1n) is 4.73. The molecule has 6 heteroatoms. The van der Waals surface area contributed by atoms with E-state index >= 15 is 0 Å². The van der Waals surface area contributed by atoms with Gasteiger partial charge in [0.25, 0.3) is 0 Å². The number of carbonyl (C=O) groups excluding carboxylic acids is 1. The smallest absolute Gasteiger partial charge is 0.396 e. The molecule has 1 rings (SSSR count). The third-order valence-electron chi connectivity index (χ3n) is 2.24. The Balaban J connectivity index is 3.02. The van der Waals surface area contributed by atoms with Crippen molar-refractivity contribution in [1.29, 1.82) is 0 Å². The monoisotopic (exact) mass is 310 g/mol. The van der Waals surface area contributed by atoms with Gasteiger partial charge in [0.2, 0.25) is 0 Å². The van der Waals surface area contributed by atoms with E-state index in [0.29, 0.717) is 4.47 Å². The second kappa shape index (κ2) is 5.53. The van der Waals surface area contributed by atoms with E-state index in [1.807, 2.05) is 0 Å². The molecule has 94 valence electrons. The van der Waals surface area contributed by atoms with Gasteiger partial charge in [-0.3, -0.25) is 4.79 Å². The fourth-order valence-electron chi connectivity index (χ4n) is 1.40. The second-order valence-corrected chi connectivity index (χ2v) is 4.35. The van der Waals surface area contributed by atoms with Crippen LogP contribution in [-0.4, -0.2) is 19.3 Å². The molecule has 0 saturated heterocycles. The van der Waals surface area contributed by atoms with E-state index in [1.54, 1.807) is 6.07 Å². The van der Waals surface area contributed by atoms with Crippen LogP contribution in [0.5, 0.6) is 0 Å². The number of carbonyl (C=O) groups is 1. The zero-order chi connectivity index (χ0) is 13.1. The SMILES string of the molecule is COC(=O)CC(c1cccc(Br)c1)C(F)(F)F. The maximum Gasteiger partial charge on any atom is 0.396 e. The molecular weight excluding hydrogens is 301 g/mol. The number of hydrogen-bond donors (Lipinski definition) is 0. The van der Waals surface area contributed by atoms with Gasteiger partial charge in [0.05, 0.1) is 19.4 Å². The van der Waals surface area contributed by atoms with Crippen molar-refractivity contribution in [3.8, 4) is 0 Å². The molecule has 0 saturated carbocycles. The van der Waals surface area contributed by atoms with Crippen molar-refractivity contribution in [3.05, 3.63) is 34.3 Å². The number of alkyl halides is 3. The van der Waals surface area contributed by atoms with Crippen LogP contribution < -0.4 is 0 Å². The van der Waals surface area contributed by atoms with Gasteiger partial charge in [-0.25, -0.2) is 0 Å². The largest absolute Gasteiger partial charge is 0.469 e. The number of halogens is 4. The molecule has 0 aliphatic carbocycles. The maximum atomic E-state index is 12.8. The Kier molecular flexibility index (Phi) is 4.56. The normalized spacial score (nSPS) is 13.2. The summed E-state index contributed by atoms with van der Waals surface area (Å²) in [4.78, 5) is 11.0. The Morgan fingerprint density at radius 3 is 2.59 bits per heavy atom. The Hall–Kier alpha value is -1.04. The molecule has 0 bridgehead atoms. The molecule has 17 heavy (non-hydrogen) atoms. The molecule has 1 aromatic carbocycles. The lowest BCUT2D eigenvalue weighted by molar-refractivity contribution is -0.164. The number of hydrogen-bond acceptors (Lipinski definition) is 2. The molecule has 2 nitrogen and oxygen atoms in total. The first-order valence-corrected chi connectivity index (χ1v) is 5.53. The van der Waals surface area contributed by atoms with E-state index in [-0.39, 0.29) is 5.56 Å². The van der Waals surface area contributed by atoms with E-state index in [1.165, 1.54) is 18.2 Å². The van der Waals surface area contributed by atoms with Crippen LogP contribution in [0.1, 0.15) is 17.9 Å². The van der Waals surface area contributed by atoms with Crippen molar-refractivity contribution in [3.63, 3.8) is 0 Å². The van der Waals surface area contributed by atoms with Crippen LogP contribution in [0, 0.1) is 0 Å². The number of benzene rings is 1. The van der Waals surface area contributed by atoms with Gasteiger partial charge in [-0.15, -0.1) is 0 Å². The highest BCUT2D eigenvalue weighted by Gasteiger charge is 2.42. The van der Waals surface area contributed by atoms with Gasteiger partial charge in [-0.2, -0.15) is 13.2 Å². The molecule has 0 amide bonds. The standard InChI is InChI=1S/C11H10BrF3O2/c1-17-10(16)6-9(11(13,14)15)7-3-2-4-8(12)5-7/h2-5,9H,6H2,1H3. The first kappa shape index (κ1) is 14.0. The fraction of sp³-hybridized carbons (Fsp3) is 0.364. The number of esters is 1. The lowest BCUT2D eigenvalue weighted by Gasteiger charge is -2.19. The Morgan fingerprint density at radius 2 is 2.12 bits per heavy atom. The van der Waals surface area contributed by atoms with E-state index in [4.69, 9.17) is 0 Å². The minimum Gasteiger partial charge on any atom is -0.469 e. The third-order valence-corrected chi connectivity index (χ3v) is 2.74. The van der Waals surface area contributed by atoms with Gasteiger partial charge in [0.1, 0.15) is 0 Å². The highest BCUT2D eigenvalue weighted by atomic mass is 79.9. The minimum absolute atomic E-state index is 0.0391.